The van der Waals surface area contributed by atoms with E-state index in [1.165, 1.54) is 28.1 Å². The van der Waals surface area contributed by atoms with Gasteiger partial charge in [0, 0.05) is 77.0 Å². The number of aliphatic carboxylic acids is 2. The van der Waals surface area contributed by atoms with Crippen molar-refractivity contribution >= 4 is 70.6 Å². The summed E-state index contributed by atoms with van der Waals surface area (Å²) >= 11 is 0. The molecule has 0 spiro atoms. The highest BCUT2D eigenvalue weighted by atomic mass is 16.8. The van der Waals surface area contributed by atoms with Crippen LogP contribution in [-0.2, 0) is 124 Å². The molecule has 4 aliphatic carbocycles. The Morgan fingerprint density at radius 1 is 0.405 bits per heavy atom. The SMILES string of the molecule is COCC(=O)NCCCC(=O)C1CC(NC(=O)c2cc(=O)[nH]c(=O)[nH]2)[C@@H](O[C@@H]2OC(C)[C@@H](O)[C@H](O)C2O)[C@H](O[C@@H]2O[C@@H](CO)[C@H](O)C(O[C@@H](CC3CCCCC3)C(=O)O)C2NC(=O)CCC(=O)COCCOCCOCCOCC(=O)NCC(=O)NC2C(O[C@@H](CC3CCCCC3)C(=O)O)[C@@H](O)[C@H](CO)O[C@H]2O[C@@H]2CC(C(=O)CCCNC(=O)COC)CC(NC(=O)c3cc(=O)[nH]c(=O)[nH]3)[C@H]2O[C@@H]2OC(C)[C@@H](O)[C@H](O)C2O)C1. The molecule has 4 saturated heterocycles. The van der Waals surface area contributed by atoms with Crippen molar-refractivity contribution in [1.82, 2.24) is 57.2 Å². The smallest absolute Gasteiger partial charge is 0.332 e. The Balaban J connectivity index is 0.755. The van der Waals surface area contributed by atoms with E-state index in [0.717, 1.165) is 50.7 Å². The number of methoxy groups -OCH3 is 2. The number of ether oxygens (including phenoxy) is 16. The second-order valence-electron chi connectivity index (χ2n) is 38.2. The van der Waals surface area contributed by atoms with Crippen molar-refractivity contribution in [1.29, 1.82) is 0 Å². The molecule has 7 amide bonds. The highest BCUT2D eigenvalue weighted by Gasteiger charge is 2.57. The van der Waals surface area contributed by atoms with Crippen LogP contribution >= 0.6 is 0 Å². The molecule has 6 heterocycles. The maximum Gasteiger partial charge on any atom is 0.332 e. The monoisotopic (exact) mass is 2120 g/mol. The normalized spacial score (nSPS) is 31.1. The number of nitrogens with one attached hydrogen (secondary N) is 11. The van der Waals surface area contributed by atoms with Crippen LogP contribution in [0.4, 0.5) is 0 Å². The molecule has 55 nitrogen and oxygen atoms in total. The van der Waals surface area contributed by atoms with Gasteiger partial charge in [-0.2, -0.15) is 0 Å². The van der Waals surface area contributed by atoms with Gasteiger partial charge in [-0.3, -0.25) is 67.5 Å². The molecule has 12 unspecified atom stereocenters. The van der Waals surface area contributed by atoms with Crippen molar-refractivity contribution in [2.75, 3.05) is 113 Å². The molecule has 0 bridgehead atoms. The standard InChI is InChI=1S/C93H143N11O44/c1-44-72(117)76(121)78(123)90(139-44)147-80-51(97-84(125)53-35-64(111)103-92(131)99-53)31-48(55(108)17-11-21-94-67(114)41-133-3)33-57(80)143-88-70(82(74(119)61(38-105)145-88)141-59(86(127)128)29-46-13-7-5-8-14-46)101-63(110)20-19-50(107)40-137-27-25-135-23-24-136-26-28-138-43-69(116)96-37-66(113)102-71-83(142-60(87(129)130)30-47-15-9-6-10-16-47)75(120)62(39-106)146-89(71)144-58-34-49(56(109)18-12-22-95-68(115)42-134-4)32-52(98-85(126)54-36-65(112)104-93(132)100-54)81(58)148-91-79(124)77(122)73(118)45(2)140-91/h35-36,44-49,51-52,57-62,70-83,88-91,105-106,117-124H,5-34,37-43H2,1-4H3,(H,94,114)(H,95,115)(H,96,116)(H,97,125)(H,98,126)(H,101,110)(H,102,113)(H,127,128)(H,129,130)(H2,99,103,111,131)(H2,100,104,112,132)/t44?,45?,48?,49?,51?,52?,57-,58-,59+,60+,61+,62+,70?,71?,72-,73-,74+,75+,76+,77+,78?,79?,80-,81-,82?,83?,88-,89-,90+,91+/m1/s1. The average molecular weight is 2120 g/mol. The first-order valence-electron chi connectivity index (χ1n) is 50.0. The van der Waals surface area contributed by atoms with Crippen LogP contribution in [0.1, 0.15) is 176 Å². The maximum atomic E-state index is 14.5. The fraction of sp³-hybridized carbons (Fsp3) is 0.785. The minimum absolute atomic E-state index is 0.00139. The molecule has 8 aliphatic rings. The minimum Gasteiger partial charge on any atom is -0.479 e. The molecule has 10 rings (SSSR count). The van der Waals surface area contributed by atoms with E-state index < -0.39 is 340 Å². The predicted octanol–water partition coefficient (Wildman–Crippen LogP) is -8.15. The molecule has 4 saturated carbocycles. The number of carboxylic acids is 2. The summed E-state index contributed by atoms with van der Waals surface area (Å²) in [6, 6.07) is -5.10. The third-order valence-corrected chi connectivity index (χ3v) is 27.2. The van der Waals surface area contributed by atoms with Crippen LogP contribution in [-0.4, -0.2) is 436 Å². The van der Waals surface area contributed by atoms with Gasteiger partial charge in [0.25, 0.3) is 22.9 Å². The Kier molecular flexibility index (Phi) is 48.9. The number of carbonyl (C=O) groups is 12. The first kappa shape index (κ1) is 120. The van der Waals surface area contributed by atoms with Crippen LogP contribution in [0.5, 0.6) is 0 Å². The molecule has 2 aromatic rings. The number of Topliss-reactive ketones (excluding diaryl/α,β-unsaturated/α-hetero) is 3. The number of aliphatic hydroxyl groups is 10. The van der Waals surface area contributed by atoms with Crippen LogP contribution in [0.15, 0.2) is 31.3 Å². The van der Waals surface area contributed by atoms with Gasteiger partial charge in [0.1, 0.15) is 147 Å². The first-order chi connectivity index (χ1) is 70.7. The summed E-state index contributed by atoms with van der Waals surface area (Å²) < 4.78 is 95.1. The van der Waals surface area contributed by atoms with E-state index in [1.54, 1.807) is 0 Å². The van der Waals surface area contributed by atoms with Crippen molar-refractivity contribution < 1.29 is 195 Å². The summed E-state index contributed by atoms with van der Waals surface area (Å²) in [6.45, 7) is -2.57. The lowest BCUT2D eigenvalue weighted by molar-refractivity contribution is -0.335. The summed E-state index contributed by atoms with van der Waals surface area (Å²) in [7, 11) is 2.61. The number of rotatable bonds is 58. The Morgan fingerprint density at radius 2 is 0.797 bits per heavy atom. The van der Waals surface area contributed by atoms with Gasteiger partial charge in [-0.15, -0.1) is 0 Å². The van der Waals surface area contributed by atoms with Crippen LogP contribution in [0.2, 0.25) is 0 Å². The number of aliphatic hydroxyl groups excluding tert-OH is 10. The highest BCUT2D eigenvalue weighted by molar-refractivity contribution is 5.93. The molecule has 0 radical (unpaired) electrons. The lowest BCUT2D eigenvalue weighted by atomic mass is 9.78. The van der Waals surface area contributed by atoms with Gasteiger partial charge in [0.05, 0.1) is 95.9 Å². The number of amides is 7. The fourth-order valence-corrected chi connectivity index (χ4v) is 19.4. The lowest BCUT2D eigenvalue weighted by Gasteiger charge is -2.49. The summed E-state index contributed by atoms with van der Waals surface area (Å²) in [5, 5.41) is 152. The zero-order valence-electron chi connectivity index (χ0n) is 82.7. The Bertz CT molecular complexity index is 4520. The summed E-state index contributed by atoms with van der Waals surface area (Å²) in [5.41, 5.74) is -5.33. The highest BCUT2D eigenvalue weighted by Crippen LogP contribution is 2.42. The maximum absolute atomic E-state index is 14.5. The molecular weight excluding hydrogens is 1980 g/mol. The van der Waals surface area contributed by atoms with Gasteiger partial charge in [0.15, 0.2) is 43.2 Å². The van der Waals surface area contributed by atoms with Crippen LogP contribution in [0.3, 0.4) is 0 Å². The van der Waals surface area contributed by atoms with Gasteiger partial charge in [-0.1, -0.05) is 64.2 Å². The van der Waals surface area contributed by atoms with Crippen LogP contribution in [0.25, 0.3) is 0 Å². The number of hydrogen-bond acceptors (Lipinski definition) is 42. The van der Waals surface area contributed by atoms with Gasteiger partial charge in [-0.25, -0.2) is 19.2 Å². The van der Waals surface area contributed by atoms with Crippen molar-refractivity contribution in [3.05, 3.63) is 65.2 Å². The quantitative estimate of drug-likeness (QED) is 0.0274. The van der Waals surface area contributed by atoms with Crippen LogP contribution < -0.4 is 59.7 Å². The number of H-pyrrole nitrogens is 4. The molecule has 148 heavy (non-hydrogen) atoms. The molecule has 55 heteroatoms. The second kappa shape index (κ2) is 60.1. The van der Waals surface area contributed by atoms with Crippen molar-refractivity contribution in [2.45, 2.75) is 327 Å². The topological polar surface area (TPSA) is 811 Å². The fourth-order valence-electron chi connectivity index (χ4n) is 19.4. The van der Waals surface area contributed by atoms with Gasteiger partial charge in [0.2, 0.25) is 29.5 Å². The number of aromatic nitrogens is 4. The molecule has 4 aliphatic heterocycles. The number of carbonyl (C=O) groups excluding carboxylic acids is 10. The number of carboxylic acid groups (broad SMARTS) is 2. The Hall–Kier alpha value is -9.44. The molecular formula is C93H143N11O44. The van der Waals surface area contributed by atoms with E-state index in [2.05, 4.69) is 47.2 Å². The number of hydrogen-bond donors (Lipinski definition) is 23. The second-order valence-corrected chi connectivity index (χ2v) is 38.2. The van der Waals surface area contributed by atoms with E-state index in [-0.39, 0.29) is 136 Å². The van der Waals surface area contributed by atoms with E-state index in [0.29, 0.717) is 25.7 Å². The van der Waals surface area contributed by atoms with Gasteiger partial charge < -0.3 is 184 Å². The first-order valence-corrected chi connectivity index (χ1v) is 50.0. The third-order valence-electron chi connectivity index (χ3n) is 27.2. The lowest BCUT2D eigenvalue weighted by Crippen LogP contribution is -2.68. The Morgan fingerprint density at radius 3 is 1.19 bits per heavy atom. The summed E-state index contributed by atoms with van der Waals surface area (Å²) in [5.74, 6) is -13.2. The summed E-state index contributed by atoms with van der Waals surface area (Å²) in [4.78, 5) is 222. The number of aromatic amines is 4. The van der Waals surface area contributed by atoms with E-state index in [4.69, 9.17) is 75.8 Å². The number of ketones is 3. The molecule has 834 valence electrons. The molecule has 23 N–H and O–H groups in total. The van der Waals surface area contributed by atoms with Gasteiger partial charge >= 0.3 is 23.3 Å². The molecule has 30 atom stereocenters. The van der Waals surface area contributed by atoms with E-state index in [1.807, 2.05) is 9.97 Å². The zero-order valence-corrected chi connectivity index (χ0v) is 82.7. The minimum atomic E-state index is -2.03. The van der Waals surface area contributed by atoms with Gasteiger partial charge in [-0.05, 0) is 77.0 Å². The Labute approximate surface area is 847 Å². The van der Waals surface area contributed by atoms with E-state index in [9.17, 15) is 138 Å². The van der Waals surface area contributed by atoms with Crippen LogP contribution in [0, 0.1) is 23.7 Å². The third kappa shape index (κ3) is 36.1. The van der Waals surface area contributed by atoms with Crippen molar-refractivity contribution in [2.24, 2.45) is 23.7 Å². The average Bonchev–Trinajstić information content (AvgIpc) is 0.770. The summed E-state index contributed by atoms with van der Waals surface area (Å²) in [6.07, 6.45) is -37.9. The molecule has 0 aromatic carbocycles. The zero-order chi connectivity index (χ0) is 108. The molecule has 8 fully saturated rings. The van der Waals surface area contributed by atoms with Crippen molar-refractivity contribution in [3.63, 3.8) is 0 Å². The van der Waals surface area contributed by atoms with Crippen molar-refractivity contribution in [3.8, 4) is 0 Å². The van der Waals surface area contributed by atoms with E-state index >= 15 is 0 Å². The molecule has 2 aromatic heterocycles. The largest absolute Gasteiger partial charge is 0.479 e. The predicted molar refractivity (Wildman–Crippen MR) is 499 cm³/mol.